The maximum atomic E-state index is 12.0. The smallest absolute Gasteiger partial charge is 0.306 e. The number of anilines is 1. The molecule has 0 aliphatic carbocycles. The zero-order chi connectivity index (χ0) is 15.8. The second kappa shape index (κ2) is 8.82. The molecule has 1 atom stereocenters. The lowest BCUT2D eigenvalue weighted by Gasteiger charge is -2.32. The Bertz CT molecular complexity index is 466. The minimum Gasteiger partial charge on any atom is -0.466 e. The Morgan fingerprint density at radius 2 is 1.91 bits per heavy atom. The van der Waals surface area contributed by atoms with Crippen molar-refractivity contribution >= 4 is 11.7 Å². The highest BCUT2D eigenvalue weighted by molar-refractivity contribution is 5.71. The molecule has 122 valence electrons. The van der Waals surface area contributed by atoms with Gasteiger partial charge in [-0.15, -0.1) is 0 Å². The van der Waals surface area contributed by atoms with E-state index in [0.717, 1.165) is 25.9 Å². The van der Waals surface area contributed by atoms with Gasteiger partial charge in [-0.3, -0.25) is 4.79 Å². The Labute approximate surface area is 134 Å². The average Bonchev–Trinajstić information content (AvgIpc) is 2.55. The number of para-hydroxylation sites is 1. The lowest BCUT2D eigenvalue weighted by atomic mass is 9.89. The van der Waals surface area contributed by atoms with Crippen LogP contribution < -0.4 is 4.90 Å². The van der Waals surface area contributed by atoms with Crippen LogP contribution in [0.1, 0.15) is 63.9 Å². The first-order chi connectivity index (χ1) is 10.8. The fourth-order valence-electron chi connectivity index (χ4n) is 3.39. The minimum absolute atomic E-state index is 0.0746. The topological polar surface area (TPSA) is 29.5 Å². The summed E-state index contributed by atoms with van der Waals surface area (Å²) >= 11 is 0. The zero-order valence-electron chi connectivity index (χ0n) is 14.0. The first-order valence-corrected chi connectivity index (χ1v) is 8.75. The summed E-state index contributed by atoms with van der Waals surface area (Å²) in [6, 6.07) is 8.62. The molecule has 1 aromatic carbocycles. The molecule has 1 heterocycles. The standard InChI is InChI=1S/C19H29NO2/c1-3-10-16(15-19(21)22-4-2)17-11-6-7-12-18(17)20-13-8-5-9-14-20/h6-7,11-12,16H,3-5,8-10,13-15H2,1-2H3/t16-/m0/s1. The summed E-state index contributed by atoms with van der Waals surface area (Å²) in [5.74, 6) is 0.191. The van der Waals surface area contributed by atoms with E-state index in [4.69, 9.17) is 4.74 Å². The van der Waals surface area contributed by atoms with Crippen LogP contribution in [0.2, 0.25) is 0 Å². The van der Waals surface area contributed by atoms with Crippen molar-refractivity contribution in [3.8, 4) is 0 Å². The van der Waals surface area contributed by atoms with Gasteiger partial charge in [0, 0.05) is 18.8 Å². The molecule has 22 heavy (non-hydrogen) atoms. The van der Waals surface area contributed by atoms with Crippen molar-refractivity contribution in [1.82, 2.24) is 0 Å². The Morgan fingerprint density at radius 3 is 2.59 bits per heavy atom. The summed E-state index contributed by atoms with van der Waals surface area (Å²) in [6.07, 6.45) is 6.48. The van der Waals surface area contributed by atoms with Gasteiger partial charge in [0.1, 0.15) is 0 Å². The molecule has 1 aromatic rings. The normalized spacial score (nSPS) is 16.4. The number of hydrogen-bond donors (Lipinski definition) is 0. The summed E-state index contributed by atoms with van der Waals surface area (Å²) in [5, 5.41) is 0. The highest BCUT2D eigenvalue weighted by atomic mass is 16.5. The SMILES string of the molecule is CCC[C@@H](CC(=O)OCC)c1ccccc1N1CCCCC1. The van der Waals surface area contributed by atoms with Gasteiger partial charge in [0.15, 0.2) is 0 Å². The Kier molecular flexibility index (Phi) is 6.75. The number of rotatable bonds is 7. The van der Waals surface area contributed by atoms with Crippen LogP contribution in [-0.4, -0.2) is 25.7 Å². The maximum Gasteiger partial charge on any atom is 0.306 e. The van der Waals surface area contributed by atoms with Gasteiger partial charge in [-0.1, -0.05) is 31.5 Å². The molecule has 0 amide bonds. The molecule has 0 saturated carbocycles. The number of hydrogen-bond acceptors (Lipinski definition) is 3. The van der Waals surface area contributed by atoms with Crippen molar-refractivity contribution in [3.05, 3.63) is 29.8 Å². The van der Waals surface area contributed by atoms with E-state index in [1.165, 1.54) is 30.5 Å². The molecule has 0 aromatic heterocycles. The van der Waals surface area contributed by atoms with Crippen molar-refractivity contribution in [2.24, 2.45) is 0 Å². The third-order valence-electron chi connectivity index (χ3n) is 4.43. The minimum atomic E-state index is -0.0746. The third kappa shape index (κ3) is 4.49. The number of piperidine rings is 1. The molecule has 0 spiro atoms. The molecule has 3 heteroatoms. The van der Waals surface area contributed by atoms with Gasteiger partial charge in [0.2, 0.25) is 0 Å². The van der Waals surface area contributed by atoms with Gasteiger partial charge in [-0.2, -0.15) is 0 Å². The molecule has 0 N–H and O–H groups in total. The van der Waals surface area contributed by atoms with Crippen molar-refractivity contribution in [1.29, 1.82) is 0 Å². The van der Waals surface area contributed by atoms with E-state index in [0.29, 0.717) is 13.0 Å². The number of benzene rings is 1. The van der Waals surface area contributed by atoms with Crippen molar-refractivity contribution < 1.29 is 9.53 Å². The zero-order valence-corrected chi connectivity index (χ0v) is 14.0. The van der Waals surface area contributed by atoms with Crippen molar-refractivity contribution in [2.75, 3.05) is 24.6 Å². The van der Waals surface area contributed by atoms with E-state index >= 15 is 0 Å². The van der Waals surface area contributed by atoms with Crippen LogP contribution in [0.15, 0.2) is 24.3 Å². The highest BCUT2D eigenvalue weighted by Crippen LogP contribution is 2.34. The van der Waals surface area contributed by atoms with E-state index in [-0.39, 0.29) is 11.9 Å². The fraction of sp³-hybridized carbons (Fsp3) is 0.632. The predicted molar refractivity (Wildman–Crippen MR) is 91.4 cm³/mol. The molecule has 2 rings (SSSR count). The quantitative estimate of drug-likeness (QED) is 0.694. The molecule has 1 aliphatic rings. The van der Waals surface area contributed by atoms with Crippen LogP contribution in [-0.2, 0) is 9.53 Å². The largest absolute Gasteiger partial charge is 0.466 e. The van der Waals surface area contributed by atoms with Crippen molar-refractivity contribution in [3.63, 3.8) is 0 Å². The number of esters is 1. The lowest BCUT2D eigenvalue weighted by molar-refractivity contribution is -0.143. The molecule has 0 radical (unpaired) electrons. The van der Waals surface area contributed by atoms with Gasteiger partial charge in [-0.05, 0) is 50.2 Å². The molecule has 1 fully saturated rings. The van der Waals surface area contributed by atoms with Crippen LogP contribution in [0, 0.1) is 0 Å². The van der Waals surface area contributed by atoms with E-state index < -0.39 is 0 Å². The molecule has 0 unspecified atom stereocenters. The van der Waals surface area contributed by atoms with Gasteiger partial charge in [0.05, 0.1) is 13.0 Å². The number of carbonyl (C=O) groups is 1. The first kappa shape index (κ1) is 16.9. The monoisotopic (exact) mass is 303 g/mol. The van der Waals surface area contributed by atoms with Crippen LogP contribution in [0.3, 0.4) is 0 Å². The van der Waals surface area contributed by atoms with Crippen LogP contribution in [0.25, 0.3) is 0 Å². The average molecular weight is 303 g/mol. The van der Waals surface area contributed by atoms with E-state index in [1.807, 2.05) is 6.92 Å². The van der Waals surface area contributed by atoms with Crippen molar-refractivity contribution in [2.45, 2.75) is 58.3 Å². The Hall–Kier alpha value is -1.51. The highest BCUT2D eigenvalue weighted by Gasteiger charge is 2.22. The second-order valence-corrected chi connectivity index (χ2v) is 6.10. The van der Waals surface area contributed by atoms with Crippen LogP contribution in [0.5, 0.6) is 0 Å². The Morgan fingerprint density at radius 1 is 1.18 bits per heavy atom. The summed E-state index contributed by atoms with van der Waals surface area (Å²) in [4.78, 5) is 14.4. The number of nitrogens with zero attached hydrogens (tertiary/aromatic N) is 1. The molecule has 1 saturated heterocycles. The van der Waals surface area contributed by atoms with Crippen LogP contribution >= 0.6 is 0 Å². The molecule has 1 aliphatic heterocycles. The molecule has 3 nitrogen and oxygen atoms in total. The van der Waals surface area contributed by atoms with E-state index in [9.17, 15) is 4.79 Å². The van der Waals surface area contributed by atoms with E-state index in [1.54, 1.807) is 0 Å². The Balaban J connectivity index is 2.20. The van der Waals surface area contributed by atoms with Gasteiger partial charge >= 0.3 is 5.97 Å². The molecular weight excluding hydrogens is 274 g/mol. The second-order valence-electron chi connectivity index (χ2n) is 6.10. The maximum absolute atomic E-state index is 12.0. The fourth-order valence-corrected chi connectivity index (χ4v) is 3.39. The third-order valence-corrected chi connectivity index (χ3v) is 4.43. The van der Waals surface area contributed by atoms with E-state index in [2.05, 4.69) is 36.1 Å². The summed E-state index contributed by atoms with van der Waals surface area (Å²) in [6.45, 7) is 6.78. The molecule has 0 bridgehead atoms. The van der Waals surface area contributed by atoms with Gasteiger partial charge in [0.25, 0.3) is 0 Å². The first-order valence-electron chi connectivity index (χ1n) is 8.75. The summed E-state index contributed by atoms with van der Waals surface area (Å²) in [5.41, 5.74) is 2.64. The number of ether oxygens (including phenoxy) is 1. The summed E-state index contributed by atoms with van der Waals surface area (Å²) in [7, 11) is 0. The molecular formula is C19H29NO2. The number of carbonyl (C=O) groups excluding carboxylic acids is 1. The summed E-state index contributed by atoms with van der Waals surface area (Å²) < 4.78 is 5.17. The predicted octanol–water partition coefficient (Wildman–Crippen LogP) is 4.51. The van der Waals surface area contributed by atoms with Crippen LogP contribution in [0.4, 0.5) is 5.69 Å². The lowest BCUT2D eigenvalue weighted by Crippen LogP contribution is -2.30. The van der Waals surface area contributed by atoms with Gasteiger partial charge in [-0.25, -0.2) is 0 Å². The van der Waals surface area contributed by atoms with Gasteiger partial charge < -0.3 is 9.64 Å².